The van der Waals surface area contributed by atoms with E-state index in [-0.39, 0.29) is 0 Å². The lowest BCUT2D eigenvalue weighted by molar-refractivity contribution is 0.0697. The molecule has 1 saturated carbocycles. The third-order valence-electron chi connectivity index (χ3n) is 6.08. The summed E-state index contributed by atoms with van der Waals surface area (Å²) >= 11 is 0. The summed E-state index contributed by atoms with van der Waals surface area (Å²) in [6.45, 7) is 17.8. The predicted molar refractivity (Wildman–Crippen MR) is 142 cm³/mol. The van der Waals surface area contributed by atoms with Crippen LogP contribution in [0.3, 0.4) is 0 Å². The highest BCUT2D eigenvalue weighted by Crippen LogP contribution is 2.22. The van der Waals surface area contributed by atoms with E-state index in [1.807, 2.05) is 41.5 Å². The van der Waals surface area contributed by atoms with Crippen molar-refractivity contribution in [1.29, 1.82) is 0 Å². The van der Waals surface area contributed by atoms with Crippen molar-refractivity contribution in [2.45, 2.75) is 104 Å². The van der Waals surface area contributed by atoms with E-state index >= 15 is 0 Å². The maximum atomic E-state index is 6.00. The van der Waals surface area contributed by atoms with Gasteiger partial charge in [0.1, 0.15) is 0 Å². The van der Waals surface area contributed by atoms with Gasteiger partial charge < -0.3 is 37.2 Å². The molecule has 2 atom stereocenters. The van der Waals surface area contributed by atoms with Crippen LogP contribution in [-0.4, -0.2) is 82.4 Å². The maximum Gasteiger partial charge on any atom is 0.500 e. The van der Waals surface area contributed by atoms with Gasteiger partial charge in [0.15, 0.2) is 0 Å². The van der Waals surface area contributed by atoms with Crippen LogP contribution in [0.5, 0.6) is 0 Å². The number of nitrogens with one attached hydrogen (secondary N) is 2. The summed E-state index contributed by atoms with van der Waals surface area (Å²) in [5.41, 5.74) is 0. The Kier molecular flexibility index (Phi) is 18.2. The molecule has 0 aromatic rings. The summed E-state index contributed by atoms with van der Waals surface area (Å²) in [7, 11) is -5.10. The zero-order valence-electron chi connectivity index (χ0n) is 22.9. The van der Waals surface area contributed by atoms with E-state index in [1.54, 1.807) is 0 Å². The molecule has 0 radical (unpaired) electrons. The van der Waals surface area contributed by atoms with Gasteiger partial charge in [0.05, 0.1) is 0 Å². The van der Waals surface area contributed by atoms with Gasteiger partial charge in [-0.3, -0.25) is 0 Å². The van der Waals surface area contributed by atoms with Gasteiger partial charge in [0.2, 0.25) is 0 Å². The molecule has 10 heteroatoms. The van der Waals surface area contributed by atoms with E-state index in [9.17, 15) is 0 Å². The molecule has 0 heterocycles. The van der Waals surface area contributed by atoms with Crippen LogP contribution < -0.4 is 10.6 Å². The molecule has 2 N–H and O–H groups in total. The molecule has 0 unspecified atom stereocenters. The molecule has 1 rings (SSSR count). The Morgan fingerprint density at radius 2 is 0.824 bits per heavy atom. The van der Waals surface area contributed by atoms with Crippen LogP contribution in [0.4, 0.5) is 0 Å². The number of rotatable bonds is 22. The van der Waals surface area contributed by atoms with E-state index in [2.05, 4.69) is 10.6 Å². The average Bonchev–Trinajstić information content (AvgIpc) is 2.81. The van der Waals surface area contributed by atoms with Crippen LogP contribution in [0.2, 0.25) is 12.1 Å². The monoisotopic (exact) mass is 522 g/mol. The highest BCUT2D eigenvalue weighted by atomic mass is 28.4. The van der Waals surface area contributed by atoms with Crippen LogP contribution in [0.1, 0.15) is 80.1 Å². The lowest BCUT2D eigenvalue weighted by atomic mass is 9.90. The fraction of sp³-hybridized carbons (Fsp3) is 1.00. The minimum atomic E-state index is -2.55. The Bertz CT molecular complexity index is 416. The SMILES string of the molecule is CCO[Si](CCCN[C@@H]1CCCC[C@H]1NCCC[Si](OCC)(OCC)OCC)(OCC)OCC. The van der Waals surface area contributed by atoms with E-state index in [0.717, 1.165) is 38.0 Å². The van der Waals surface area contributed by atoms with Gasteiger partial charge in [-0.2, -0.15) is 0 Å². The second-order valence-corrected chi connectivity index (χ2v) is 14.0. The van der Waals surface area contributed by atoms with E-state index < -0.39 is 17.6 Å². The van der Waals surface area contributed by atoms with Crippen molar-refractivity contribution < 1.29 is 26.6 Å². The average molecular weight is 523 g/mol. The van der Waals surface area contributed by atoms with Gasteiger partial charge in [-0.1, -0.05) is 12.8 Å². The third kappa shape index (κ3) is 11.9. The third-order valence-corrected chi connectivity index (χ3v) is 12.4. The molecule has 204 valence electrons. The molecular formula is C24H54N2O6Si2. The van der Waals surface area contributed by atoms with Crippen molar-refractivity contribution in [2.24, 2.45) is 0 Å². The minimum Gasteiger partial charge on any atom is -0.374 e. The zero-order valence-corrected chi connectivity index (χ0v) is 24.9. The van der Waals surface area contributed by atoms with Crippen molar-refractivity contribution in [3.8, 4) is 0 Å². The molecule has 1 fully saturated rings. The first-order valence-corrected chi connectivity index (χ1v) is 17.7. The predicted octanol–water partition coefficient (Wildman–Crippen LogP) is 4.35. The van der Waals surface area contributed by atoms with Crippen molar-refractivity contribution in [3.63, 3.8) is 0 Å². The van der Waals surface area contributed by atoms with Crippen LogP contribution in [-0.2, 0) is 26.6 Å². The second kappa shape index (κ2) is 19.3. The van der Waals surface area contributed by atoms with Crippen LogP contribution in [0.25, 0.3) is 0 Å². The summed E-state index contributed by atoms with van der Waals surface area (Å²) in [5.74, 6) is 0. The molecule has 0 aliphatic heterocycles. The van der Waals surface area contributed by atoms with E-state index in [4.69, 9.17) is 26.6 Å². The first kappa shape index (κ1) is 32.1. The quantitative estimate of drug-likeness (QED) is 0.160. The lowest BCUT2D eigenvalue weighted by Gasteiger charge is -2.34. The molecule has 1 aliphatic rings. The van der Waals surface area contributed by atoms with Gasteiger partial charge in [-0.05, 0) is 80.3 Å². The summed E-state index contributed by atoms with van der Waals surface area (Å²) in [5, 5.41) is 7.63. The number of hydrogen-bond donors (Lipinski definition) is 2. The maximum absolute atomic E-state index is 6.00. The Hall–Kier alpha value is 0.114. The molecule has 0 bridgehead atoms. The topological polar surface area (TPSA) is 79.4 Å². The molecule has 0 aromatic carbocycles. The summed E-state index contributed by atoms with van der Waals surface area (Å²) in [6.07, 6.45) is 7.03. The summed E-state index contributed by atoms with van der Waals surface area (Å²) in [4.78, 5) is 0. The van der Waals surface area contributed by atoms with Crippen molar-refractivity contribution in [3.05, 3.63) is 0 Å². The summed E-state index contributed by atoms with van der Waals surface area (Å²) in [6, 6.07) is 2.73. The number of hydrogen-bond acceptors (Lipinski definition) is 8. The minimum absolute atomic E-state index is 0.503. The second-order valence-electron chi connectivity index (χ2n) is 8.58. The van der Waals surface area contributed by atoms with Crippen LogP contribution >= 0.6 is 0 Å². The molecular weight excluding hydrogens is 468 g/mol. The van der Waals surface area contributed by atoms with Gasteiger partial charge in [0, 0.05) is 63.8 Å². The van der Waals surface area contributed by atoms with Gasteiger partial charge in [0.25, 0.3) is 0 Å². The molecule has 0 saturated heterocycles. The largest absolute Gasteiger partial charge is 0.500 e. The fourth-order valence-electron chi connectivity index (χ4n) is 4.81. The Morgan fingerprint density at radius 3 is 1.09 bits per heavy atom. The van der Waals surface area contributed by atoms with E-state index in [0.29, 0.717) is 51.7 Å². The van der Waals surface area contributed by atoms with Gasteiger partial charge >= 0.3 is 17.6 Å². The molecule has 0 amide bonds. The first-order valence-electron chi connectivity index (χ1n) is 13.8. The van der Waals surface area contributed by atoms with Crippen LogP contribution in [0.15, 0.2) is 0 Å². The zero-order chi connectivity index (χ0) is 25.1. The van der Waals surface area contributed by atoms with E-state index in [1.165, 1.54) is 25.7 Å². The van der Waals surface area contributed by atoms with Crippen molar-refractivity contribution in [1.82, 2.24) is 10.6 Å². The molecule has 1 aliphatic carbocycles. The Labute approximate surface area is 211 Å². The summed E-state index contributed by atoms with van der Waals surface area (Å²) < 4.78 is 36.0. The highest BCUT2D eigenvalue weighted by Gasteiger charge is 2.40. The standard InChI is InChI=1S/C24H54N2O6Si2/c1-7-27-33(28-8-2,29-9-3)21-15-19-25-23-17-13-14-18-24(23)26-20-16-22-34(30-10-4,31-11-5)32-12-6/h23-26H,7-22H2,1-6H3/t23-,24-/m1/s1. The fourth-order valence-corrected chi connectivity index (χ4v) is 10.0. The van der Waals surface area contributed by atoms with Crippen molar-refractivity contribution >= 4 is 17.6 Å². The molecule has 0 aromatic heterocycles. The van der Waals surface area contributed by atoms with Gasteiger partial charge in [-0.15, -0.1) is 0 Å². The Balaban J connectivity index is 2.49. The highest BCUT2D eigenvalue weighted by molar-refractivity contribution is 6.61. The first-order chi connectivity index (χ1) is 16.5. The van der Waals surface area contributed by atoms with Crippen molar-refractivity contribution in [2.75, 3.05) is 52.7 Å². The lowest BCUT2D eigenvalue weighted by Crippen LogP contribution is -2.51. The van der Waals surface area contributed by atoms with Gasteiger partial charge in [-0.25, -0.2) is 0 Å². The van der Waals surface area contributed by atoms with Crippen LogP contribution in [0, 0.1) is 0 Å². The molecule has 34 heavy (non-hydrogen) atoms. The smallest absolute Gasteiger partial charge is 0.374 e. The normalized spacial score (nSPS) is 19.6. The Morgan fingerprint density at radius 1 is 0.529 bits per heavy atom. The molecule has 0 spiro atoms. The molecule has 8 nitrogen and oxygen atoms in total.